The van der Waals surface area contributed by atoms with Crippen LogP contribution in [0.1, 0.15) is 20.4 Å². The number of methoxy groups -OCH3 is 1. The van der Waals surface area contributed by atoms with Gasteiger partial charge in [0.2, 0.25) is 0 Å². The standard InChI is InChI=1S/C17H11BrN2O5S/c1-24-17(21)15-9-19-16(26-15)7-4-11-3-6-14(25-11)12-5-2-10(20(22)23)8-13(12)18/h2-9H,1H3/b7-4+. The normalized spacial score (nSPS) is 11.0. The molecule has 26 heavy (non-hydrogen) atoms. The molecule has 0 bridgehead atoms. The van der Waals surface area contributed by atoms with E-state index in [0.29, 0.717) is 31.4 Å². The van der Waals surface area contributed by atoms with Crippen molar-refractivity contribution in [2.75, 3.05) is 7.11 Å². The van der Waals surface area contributed by atoms with Crippen molar-refractivity contribution in [3.05, 3.63) is 66.8 Å². The van der Waals surface area contributed by atoms with Crippen molar-refractivity contribution in [1.29, 1.82) is 0 Å². The molecule has 1 aromatic carbocycles. The van der Waals surface area contributed by atoms with Gasteiger partial charge in [0.15, 0.2) is 0 Å². The largest absolute Gasteiger partial charge is 0.465 e. The van der Waals surface area contributed by atoms with Gasteiger partial charge in [-0.15, -0.1) is 11.3 Å². The SMILES string of the molecule is COC(=O)c1cnc(/C=C/c2ccc(-c3ccc([N+](=O)[O-])cc3Br)o2)s1. The van der Waals surface area contributed by atoms with Gasteiger partial charge in [-0.05, 0) is 46.3 Å². The zero-order chi connectivity index (χ0) is 18.7. The number of carbonyl (C=O) groups excluding carboxylic acids is 1. The number of thiazole rings is 1. The molecule has 0 N–H and O–H groups in total. The molecule has 9 heteroatoms. The topological polar surface area (TPSA) is 95.5 Å². The van der Waals surface area contributed by atoms with E-state index in [1.807, 2.05) is 0 Å². The van der Waals surface area contributed by atoms with E-state index >= 15 is 0 Å². The second-order valence-electron chi connectivity index (χ2n) is 5.01. The van der Waals surface area contributed by atoms with Crippen molar-refractivity contribution >= 4 is 51.1 Å². The number of nitrogens with zero attached hydrogens (tertiary/aromatic N) is 2. The zero-order valence-corrected chi connectivity index (χ0v) is 15.7. The molecule has 2 aromatic heterocycles. The predicted octanol–water partition coefficient (Wildman–Crippen LogP) is 5.03. The van der Waals surface area contributed by atoms with Crippen molar-refractivity contribution in [3.63, 3.8) is 0 Å². The Morgan fingerprint density at radius 3 is 2.85 bits per heavy atom. The van der Waals surface area contributed by atoms with Crippen LogP contribution in [0.5, 0.6) is 0 Å². The highest BCUT2D eigenvalue weighted by Crippen LogP contribution is 2.33. The number of nitro benzene ring substituents is 1. The lowest BCUT2D eigenvalue weighted by atomic mass is 10.1. The number of ether oxygens (including phenoxy) is 1. The van der Waals surface area contributed by atoms with E-state index in [-0.39, 0.29) is 5.69 Å². The van der Waals surface area contributed by atoms with Gasteiger partial charge in [0.1, 0.15) is 21.4 Å². The lowest BCUT2D eigenvalue weighted by Crippen LogP contribution is -1.96. The average Bonchev–Trinajstić information content (AvgIpc) is 3.28. The summed E-state index contributed by atoms with van der Waals surface area (Å²) in [6.07, 6.45) is 4.91. The molecule has 0 atom stereocenters. The number of non-ortho nitro benzene ring substituents is 1. The molecule has 0 aliphatic rings. The van der Waals surface area contributed by atoms with Crippen LogP contribution in [0.4, 0.5) is 5.69 Å². The Labute approximate surface area is 160 Å². The van der Waals surface area contributed by atoms with Gasteiger partial charge in [0.05, 0.1) is 18.2 Å². The first-order chi connectivity index (χ1) is 12.5. The van der Waals surface area contributed by atoms with E-state index in [4.69, 9.17) is 4.42 Å². The van der Waals surface area contributed by atoms with Crippen LogP contribution >= 0.6 is 27.3 Å². The summed E-state index contributed by atoms with van der Waals surface area (Å²) in [5.41, 5.74) is 0.704. The Hall–Kier alpha value is -2.78. The van der Waals surface area contributed by atoms with Gasteiger partial charge in [-0.25, -0.2) is 9.78 Å². The van der Waals surface area contributed by atoms with Crippen LogP contribution in [0.15, 0.2) is 45.4 Å². The van der Waals surface area contributed by atoms with Crippen molar-refractivity contribution < 1.29 is 18.9 Å². The molecule has 3 rings (SSSR count). The van der Waals surface area contributed by atoms with Gasteiger partial charge in [-0.2, -0.15) is 0 Å². The molecule has 0 fully saturated rings. The molecule has 0 spiro atoms. The molecular formula is C17H11BrN2O5S. The molecular weight excluding hydrogens is 424 g/mol. The van der Waals surface area contributed by atoms with E-state index < -0.39 is 10.9 Å². The molecule has 0 aliphatic carbocycles. The van der Waals surface area contributed by atoms with E-state index in [2.05, 4.69) is 25.7 Å². The number of carbonyl (C=O) groups is 1. The predicted molar refractivity (Wildman–Crippen MR) is 101 cm³/mol. The van der Waals surface area contributed by atoms with Gasteiger partial charge in [-0.1, -0.05) is 0 Å². The number of halogens is 1. The summed E-state index contributed by atoms with van der Waals surface area (Å²) in [7, 11) is 1.32. The van der Waals surface area contributed by atoms with Gasteiger partial charge in [-0.3, -0.25) is 10.1 Å². The smallest absolute Gasteiger partial charge is 0.349 e. The maximum Gasteiger partial charge on any atom is 0.349 e. The number of rotatable bonds is 5. The van der Waals surface area contributed by atoms with Crippen LogP contribution < -0.4 is 0 Å². The molecule has 0 amide bonds. The fourth-order valence-corrected chi connectivity index (χ4v) is 3.42. The third-order valence-corrected chi connectivity index (χ3v) is 4.95. The Morgan fingerprint density at radius 2 is 2.15 bits per heavy atom. The summed E-state index contributed by atoms with van der Waals surface area (Å²) in [6, 6.07) is 8.01. The monoisotopic (exact) mass is 434 g/mol. The summed E-state index contributed by atoms with van der Waals surface area (Å²) >= 11 is 4.53. The summed E-state index contributed by atoms with van der Waals surface area (Å²) in [6.45, 7) is 0. The van der Waals surface area contributed by atoms with Gasteiger partial charge in [0.25, 0.3) is 5.69 Å². The number of benzene rings is 1. The van der Waals surface area contributed by atoms with E-state index in [0.717, 1.165) is 0 Å². The Bertz CT molecular complexity index is 1010. The number of aromatic nitrogens is 1. The number of nitro groups is 1. The van der Waals surface area contributed by atoms with Crippen molar-refractivity contribution in [3.8, 4) is 11.3 Å². The van der Waals surface area contributed by atoms with Gasteiger partial charge in [0, 0.05) is 22.2 Å². The third kappa shape index (κ3) is 3.89. The van der Waals surface area contributed by atoms with E-state index in [9.17, 15) is 14.9 Å². The maximum atomic E-state index is 11.4. The highest BCUT2D eigenvalue weighted by atomic mass is 79.9. The first kappa shape index (κ1) is 18.0. The van der Waals surface area contributed by atoms with Crippen LogP contribution in [0.2, 0.25) is 0 Å². The molecule has 0 unspecified atom stereocenters. The first-order valence-corrected chi connectivity index (χ1v) is 8.85. The second-order valence-corrected chi connectivity index (χ2v) is 6.93. The molecule has 0 saturated heterocycles. The maximum absolute atomic E-state index is 11.4. The van der Waals surface area contributed by atoms with Crippen LogP contribution in [0.3, 0.4) is 0 Å². The van der Waals surface area contributed by atoms with E-state index in [1.54, 1.807) is 30.4 Å². The molecule has 7 nitrogen and oxygen atoms in total. The summed E-state index contributed by atoms with van der Waals surface area (Å²) in [4.78, 5) is 26.3. The molecule has 0 saturated carbocycles. The lowest BCUT2D eigenvalue weighted by molar-refractivity contribution is -0.384. The lowest BCUT2D eigenvalue weighted by Gasteiger charge is -2.00. The van der Waals surface area contributed by atoms with Crippen molar-refractivity contribution in [2.24, 2.45) is 0 Å². The number of hydrogen-bond donors (Lipinski definition) is 0. The van der Waals surface area contributed by atoms with Gasteiger partial charge >= 0.3 is 5.97 Å². The van der Waals surface area contributed by atoms with Crippen LogP contribution in [0, 0.1) is 10.1 Å². The molecule has 0 aliphatic heterocycles. The van der Waals surface area contributed by atoms with Gasteiger partial charge < -0.3 is 9.15 Å². The van der Waals surface area contributed by atoms with Crippen LogP contribution in [-0.4, -0.2) is 23.0 Å². The quantitative estimate of drug-likeness (QED) is 0.317. The number of hydrogen-bond acceptors (Lipinski definition) is 7. The fraction of sp³-hybridized carbons (Fsp3) is 0.0588. The summed E-state index contributed by atoms with van der Waals surface area (Å²) in [5.74, 6) is 0.728. The Balaban J connectivity index is 1.79. The number of furan rings is 1. The highest BCUT2D eigenvalue weighted by Gasteiger charge is 2.13. The summed E-state index contributed by atoms with van der Waals surface area (Å²) < 4.78 is 11.0. The Kier molecular flexibility index (Phi) is 5.29. The fourth-order valence-electron chi connectivity index (χ4n) is 2.12. The van der Waals surface area contributed by atoms with E-state index in [1.165, 1.54) is 36.8 Å². The highest BCUT2D eigenvalue weighted by molar-refractivity contribution is 9.10. The minimum atomic E-state index is -0.457. The Morgan fingerprint density at radius 1 is 1.35 bits per heavy atom. The second kappa shape index (κ2) is 7.63. The third-order valence-electron chi connectivity index (χ3n) is 3.36. The molecule has 0 radical (unpaired) electrons. The number of esters is 1. The average molecular weight is 435 g/mol. The molecule has 2 heterocycles. The molecule has 3 aromatic rings. The van der Waals surface area contributed by atoms with Crippen molar-refractivity contribution in [2.45, 2.75) is 0 Å². The van der Waals surface area contributed by atoms with Crippen molar-refractivity contribution in [1.82, 2.24) is 4.98 Å². The van der Waals surface area contributed by atoms with Crippen LogP contribution in [-0.2, 0) is 4.74 Å². The zero-order valence-electron chi connectivity index (χ0n) is 13.3. The minimum absolute atomic E-state index is 0.00233. The summed E-state index contributed by atoms with van der Waals surface area (Å²) in [5, 5.41) is 11.4. The van der Waals surface area contributed by atoms with Crippen LogP contribution in [0.25, 0.3) is 23.5 Å². The molecule has 132 valence electrons. The first-order valence-electron chi connectivity index (χ1n) is 7.24. The minimum Gasteiger partial charge on any atom is -0.465 e.